The summed E-state index contributed by atoms with van der Waals surface area (Å²) in [5.41, 5.74) is -0.305. The van der Waals surface area contributed by atoms with Gasteiger partial charge in [0.1, 0.15) is 5.82 Å². The molecule has 0 bridgehead atoms. The van der Waals surface area contributed by atoms with Crippen LogP contribution in [-0.2, 0) is 10.0 Å². The van der Waals surface area contributed by atoms with E-state index >= 15 is 0 Å². The highest BCUT2D eigenvalue weighted by Gasteiger charge is 2.40. The highest BCUT2D eigenvalue weighted by Crippen LogP contribution is 2.34. The van der Waals surface area contributed by atoms with Crippen LogP contribution in [0.5, 0.6) is 0 Å². The number of aromatic nitrogens is 1. The number of nitrogens with zero attached hydrogens (tertiary/aromatic N) is 2. The largest absolute Gasteiger partial charge is 0.370 e. The molecular formula is C13H21N3O2S. The van der Waals surface area contributed by atoms with Crippen LogP contribution in [0.4, 0.5) is 5.82 Å². The van der Waals surface area contributed by atoms with Crippen LogP contribution < -0.4 is 5.32 Å². The summed E-state index contributed by atoms with van der Waals surface area (Å²) in [6.07, 6.45) is 3.35. The molecule has 1 aromatic rings. The number of hydrogen-bond acceptors (Lipinski definition) is 4. The lowest BCUT2D eigenvalue weighted by atomic mass is 10.0. The number of anilines is 1. The van der Waals surface area contributed by atoms with Crippen LogP contribution in [0.25, 0.3) is 0 Å². The molecule has 19 heavy (non-hydrogen) atoms. The van der Waals surface area contributed by atoms with E-state index in [2.05, 4.69) is 10.3 Å². The Bertz CT molecular complexity index is 555. The van der Waals surface area contributed by atoms with E-state index in [1.54, 1.807) is 16.4 Å². The third kappa shape index (κ3) is 2.74. The van der Waals surface area contributed by atoms with Gasteiger partial charge in [0.05, 0.1) is 4.90 Å². The molecule has 0 atom stereocenters. The second-order valence-electron chi connectivity index (χ2n) is 5.40. The molecule has 5 nitrogen and oxygen atoms in total. The van der Waals surface area contributed by atoms with Crippen LogP contribution in [0, 0.1) is 0 Å². The molecular weight excluding hydrogens is 262 g/mol. The van der Waals surface area contributed by atoms with Crippen LogP contribution in [-0.4, -0.2) is 36.3 Å². The summed E-state index contributed by atoms with van der Waals surface area (Å²) in [4.78, 5) is 4.42. The molecule has 1 saturated heterocycles. The molecule has 0 aliphatic carbocycles. The van der Waals surface area contributed by atoms with Crippen molar-refractivity contribution >= 4 is 15.8 Å². The van der Waals surface area contributed by atoms with Crippen molar-refractivity contribution in [3.63, 3.8) is 0 Å². The van der Waals surface area contributed by atoms with Gasteiger partial charge >= 0.3 is 0 Å². The average Bonchev–Trinajstić information content (AvgIpc) is 2.70. The molecule has 1 aliphatic heterocycles. The van der Waals surface area contributed by atoms with Crippen LogP contribution in [0.1, 0.15) is 33.6 Å². The number of hydrogen-bond donors (Lipinski definition) is 1. The van der Waals surface area contributed by atoms with Gasteiger partial charge in [-0.3, -0.25) is 0 Å². The van der Waals surface area contributed by atoms with Gasteiger partial charge in [0.15, 0.2) is 0 Å². The van der Waals surface area contributed by atoms with E-state index in [4.69, 9.17) is 0 Å². The minimum atomic E-state index is -3.43. The zero-order valence-corrected chi connectivity index (χ0v) is 12.5. The number of sulfonamides is 1. The molecule has 0 radical (unpaired) electrons. The van der Waals surface area contributed by atoms with Gasteiger partial charge in [-0.05, 0) is 39.7 Å². The highest BCUT2D eigenvalue weighted by molar-refractivity contribution is 7.89. The maximum atomic E-state index is 12.7. The van der Waals surface area contributed by atoms with Crippen LogP contribution in [0.2, 0.25) is 0 Å². The normalized spacial score (nSPS) is 19.5. The molecule has 106 valence electrons. The van der Waals surface area contributed by atoms with Crippen LogP contribution >= 0.6 is 0 Å². The molecule has 2 heterocycles. The van der Waals surface area contributed by atoms with Crippen molar-refractivity contribution < 1.29 is 8.42 Å². The van der Waals surface area contributed by atoms with E-state index in [1.807, 2.05) is 20.8 Å². The smallest absolute Gasteiger partial charge is 0.243 e. The molecule has 1 aliphatic rings. The van der Waals surface area contributed by atoms with Gasteiger partial charge in [0.2, 0.25) is 10.0 Å². The van der Waals surface area contributed by atoms with Crippen molar-refractivity contribution in [3.8, 4) is 0 Å². The van der Waals surface area contributed by atoms with Gasteiger partial charge in [-0.1, -0.05) is 0 Å². The fraction of sp³-hybridized carbons (Fsp3) is 0.615. The number of rotatable bonds is 4. The maximum Gasteiger partial charge on any atom is 0.243 e. The van der Waals surface area contributed by atoms with Crippen molar-refractivity contribution in [2.24, 2.45) is 0 Å². The van der Waals surface area contributed by atoms with Crippen LogP contribution in [0.15, 0.2) is 23.2 Å². The van der Waals surface area contributed by atoms with E-state index in [9.17, 15) is 8.42 Å². The molecule has 0 spiro atoms. The van der Waals surface area contributed by atoms with Crippen molar-refractivity contribution in [3.05, 3.63) is 18.3 Å². The van der Waals surface area contributed by atoms with Crippen molar-refractivity contribution in [1.29, 1.82) is 0 Å². The predicted molar refractivity (Wildman–Crippen MR) is 75.6 cm³/mol. The molecule has 0 saturated carbocycles. The Morgan fingerprint density at radius 3 is 2.79 bits per heavy atom. The molecule has 1 N–H and O–H groups in total. The molecule has 6 heteroatoms. The molecule has 0 aromatic carbocycles. The van der Waals surface area contributed by atoms with Gasteiger partial charge in [-0.25, -0.2) is 13.4 Å². The Hall–Kier alpha value is -1.14. The second kappa shape index (κ2) is 5.09. The van der Waals surface area contributed by atoms with E-state index in [0.29, 0.717) is 23.8 Å². The minimum absolute atomic E-state index is 0.305. The Kier molecular flexibility index (Phi) is 3.82. The van der Waals surface area contributed by atoms with E-state index in [-0.39, 0.29) is 5.54 Å². The van der Waals surface area contributed by atoms with Crippen molar-refractivity contribution in [2.45, 2.75) is 44.0 Å². The molecule has 2 rings (SSSR count). The summed E-state index contributed by atoms with van der Waals surface area (Å²) in [7, 11) is -3.43. The van der Waals surface area contributed by atoms with Crippen molar-refractivity contribution in [1.82, 2.24) is 9.29 Å². The molecule has 1 aromatic heterocycles. The lowest BCUT2D eigenvalue weighted by molar-refractivity contribution is 0.291. The predicted octanol–water partition coefficient (Wildman–Crippen LogP) is 2.08. The Morgan fingerprint density at radius 1 is 1.47 bits per heavy atom. The molecule has 0 amide bonds. The van der Waals surface area contributed by atoms with Gasteiger partial charge in [0.25, 0.3) is 0 Å². The summed E-state index contributed by atoms with van der Waals surface area (Å²) in [6.45, 7) is 7.21. The van der Waals surface area contributed by atoms with E-state index in [0.717, 1.165) is 12.8 Å². The zero-order chi connectivity index (χ0) is 14.1. The van der Waals surface area contributed by atoms with Crippen LogP contribution in [0.3, 0.4) is 0 Å². The lowest BCUT2D eigenvalue weighted by Crippen LogP contribution is -2.42. The number of pyridine rings is 1. The lowest BCUT2D eigenvalue weighted by Gasteiger charge is -2.30. The second-order valence-corrected chi connectivity index (χ2v) is 7.26. The SMILES string of the molecule is CCNc1cc(S(=O)(=O)N2CCCC2(C)C)ccn1. The van der Waals surface area contributed by atoms with Gasteiger partial charge in [0, 0.05) is 30.9 Å². The molecule has 1 fully saturated rings. The third-order valence-electron chi connectivity index (χ3n) is 3.50. The first-order valence-electron chi connectivity index (χ1n) is 6.61. The monoisotopic (exact) mass is 283 g/mol. The summed E-state index contributed by atoms with van der Waals surface area (Å²) in [5.74, 6) is 0.598. The summed E-state index contributed by atoms with van der Waals surface area (Å²) in [5, 5.41) is 3.04. The quantitative estimate of drug-likeness (QED) is 0.919. The van der Waals surface area contributed by atoms with Crippen molar-refractivity contribution in [2.75, 3.05) is 18.4 Å². The fourth-order valence-corrected chi connectivity index (χ4v) is 4.36. The Balaban J connectivity index is 2.37. The first-order valence-corrected chi connectivity index (χ1v) is 8.05. The standard InChI is InChI=1S/C13H21N3O2S/c1-4-14-12-10-11(6-8-15-12)19(17,18)16-9-5-7-13(16,2)3/h6,8,10H,4-5,7,9H2,1-3H3,(H,14,15). The Labute approximate surface area is 115 Å². The first kappa shape index (κ1) is 14.3. The summed E-state index contributed by atoms with van der Waals surface area (Å²) >= 11 is 0. The summed E-state index contributed by atoms with van der Waals surface area (Å²) < 4.78 is 27.0. The maximum absolute atomic E-state index is 12.7. The Morgan fingerprint density at radius 2 is 2.21 bits per heavy atom. The first-order chi connectivity index (χ1) is 8.88. The third-order valence-corrected chi connectivity index (χ3v) is 5.61. The highest BCUT2D eigenvalue weighted by atomic mass is 32.2. The molecule has 0 unspecified atom stereocenters. The average molecular weight is 283 g/mol. The summed E-state index contributed by atoms with van der Waals surface area (Å²) in [6, 6.07) is 3.16. The zero-order valence-electron chi connectivity index (χ0n) is 11.7. The minimum Gasteiger partial charge on any atom is -0.370 e. The van der Waals surface area contributed by atoms with Gasteiger partial charge in [-0.2, -0.15) is 4.31 Å². The number of nitrogens with one attached hydrogen (secondary N) is 1. The van der Waals surface area contributed by atoms with Gasteiger partial charge in [-0.15, -0.1) is 0 Å². The van der Waals surface area contributed by atoms with E-state index in [1.165, 1.54) is 6.20 Å². The topological polar surface area (TPSA) is 62.3 Å². The fourth-order valence-electron chi connectivity index (χ4n) is 2.50. The van der Waals surface area contributed by atoms with Gasteiger partial charge < -0.3 is 5.32 Å². The van der Waals surface area contributed by atoms with E-state index < -0.39 is 10.0 Å².